The molecular weight excluding hydrogens is 202 g/mol. The van der Waals surface area contributed by atoms with Gasteiger partial charge in [0.15, 0.2) is 5.82 Å². The van der Waals surface area contributed by atoms with Crippen LogP contribution in [0.15, 0.2) is 18.5 Å². The van der Waals surface area contributed by atoms with E-state index < -0.39 is 0 Å². The molecule has 1 N–H and O–H groups in total. The van der Waals surface area contributed by atoms with Crippen molar-refractivity contribution in [3.8, 4) is 11.4 Å². The Labute approximate surface area is 94.5 Å². The largest absolute Gasteiger partial charge is 0.373 e. The molecule has 2 aromatic rings. The van der Waals surface area contributed by atoms with Gasteiger partial charge in [0, 0.05) is 32.1 Å². The third kappa shape index (κ3) is 2.03. The summed E-state index contributed by atoms with van der Waals surface area (Å²) >= 11 is 0. The first kappa shape index (κ1) is 10.6. The van der Waals surface area contributed by atoms with E-state index in [2.05, 4.69) is 27.3 Å². The summed E-state index contributed by atoms with van der Waals surface area (Å²) < 4.78 is 1.75. The van der Waals surface area contributed by atoms with Gasteiger partial charge in [-0.1, -0.05) is 6.92 Å². The lowest BCUT2D eigenvalue weighted by Crippen LogP contribution is -1.99. The molecule has 0 saturated heterocycles. The third-order valence-corrected chi connectivity index (χ3v) is 2.36. The zero-order valence-electron chi connectivity index (χ0n) is 9.73. The topological polar surface area (TPSA) is 55.6 Å². The standard InChI is InChI=1S/C11H15N5/c1-4-9-5-10(12-2)15-11(14-9)8-6-13-16(3)7-8/h5-7H,4H2,1-3H3,(H,12,14,15). The summed E-state index contributed by atoms with van der Waals surface area (Å²) in [6, 6.07) is 1.96. The third-order valence-electron chi connectivity index (χ3n) is 2.36. The molecule has 0 spiro atoms. The maximum Gasteiger partial charge on any atom is 0.164 e. The lowest BCUT2D eigenvalue weighted by atomic mass is 10.2. The molecule has 0 radical (unpaired) electrons. The van der Waals surface area contributed by atoms with Crippen LogP contribution in [0.3, 0.4) is 0 Å². The maximum atomic E-state index is 4.48. The fourth-order valence-electron chi connectivity index (χ4n) is 1.47. The normalized spacial score (nSPS) is 10.4. The van der Waals surface area contributed by atoms with Crippen molar-refractivity contribution in [3.05, 3.63) is 24.2 Å². The molecule has 0 aliphatic carbocycles. The number of nitrogens with one attached hydrogen (secondary N) is 1. The first-order valence-corrected chi connectivity index (χ1v) is 5.27. The van der Waals surface area contributed by atoms with Crippen LogP contribution in [0.25, 0.3) is 11.4 Å². The molecule has 0 unspecified atom stereocenters. The summed E-state index contributed by atoms with van der Waals surface area (Å²) in [5.41, 5.74) is 1.97. The van der Waals surface area contributed by atoms with Gasteiger partial charge >= 0.3 is 0 Å². The Balaban J connectivity index is 2.47. The Morgan fingerprint density at radius 2 is 2.19 bits per heavy atom. The number of aryl methyl sites for hydroxylation is 2. The van der Waals surface area contributed by atoms with Gasteiger partial charge in [0.2, 0.25) is 0 Å². The van der Waals surface area contributed by atoms with E-state index in [1.165, 1.54) is 0 Å². The van der Waals surface area contributed by atoms with Gasteiger partial charge in [-0.15, -0.1) is 0 Å². The van der Waals surface area contributed by atoms with Gasteiger partial charge in [0.1, 0.15) is 5.82 Å². The van der Waals surface area contributed by atoms with Crippen molar-refractivity contribution in [1.82, 2.24) is 19.7 Å². The molecule has 2 aromatic heterocycles. The smallest absolute Gasteiger partial charge is 0.164 e. The summed E-state index contributed by atoms with van der Waals surface area (Å²) in [5, 5.41) is 7.16. The molecule has 0 atom stereocenters. The van der Waals surface area contributed by atoms with Crippen LogP contribution in [0.1, 0.15) is 12.6 Å². The van der Waals surface area contributed by atoms with Crippen LogP contribution in [0.2, 0.25) is 0 Å². The molecule has 2 rings (SSSR count). The van der Waals surface area contributed by atoms with Crippen LogP contribution in [0.4, 0.5) is 5.82 Å². The van der Waals surface area contributed by atoms with E-state index in [4.69, 9.17) is 0 Å². The highest BCUT2D eigenvalue weighted by Crippen LogP contribution is 2.17. The van der Waals surface area contributed by atoms with Crippen LogP contribution >= 0.6 is 0 Å². The van der Waals surface area contributed by atoms with Crippen molar-refractivity contribution in [2.45, 2.75) is 13.3 Å². The molecule has 0 bridgehead atoms. The highest BCUT2D eigenvalue weighted by atomic mass is 15.2. The summed E-state index contributed by atoms with van der Waals surface area (Å²) in [4.78, 5) is 8.89. The molecule has 0 amide bonds. The van der Waals surface area contributed by atoms with Gasteiger partial charge in [-0.05, 0) is 6.42 Å². The van der Waals surface area contributed by atoms with Crippen LogP contribution in [-0.2, 0) is 13.5 Å². The predicted molar refractivity (Wildman–Crippen MR) is 63.2 cm³/mol. The quantitative estimate of drug-likeness (QED) is 0.846. The number of rotatable bonds is 3. The lowest BCUT2D eigenvalue weighted by molar-refractivity contribution is 0.768. The first-order chi connectivity index (χ1) is 7.72. The predicted octanol–water partition coefficient (Wildman–Crippen LogP) is 1.48. The summed E-state index contributed by atoms with van der Waals surface area (Å²) in [6.07, 6.45) is 4.58. The second-order valence-electron chi connectivity index (χ2n) is 3.57. The van der Waals surface area contributed by atoms with Crippen LogP contribution < -0.4 is 5.32 Å². The van der Waals surface area contributed by atoms with Crippen molar-refractivity contribution < 1.29 is 0 Å². The maximum absolute atomic E-state index is 4.48. The van der Waals surface area contributed by atoms with Crippen LogP contribution in [-0.4, -0.2) is 26.8 Å². The molecule has 0 fully saturated rings. The summed E-state index contributed by atoms with van der Waals surface area (Å²) in [6.45, 7) is 2.08. The fourth-order valence-corrected chi connectivity index (χ4v) is 1.47. The van der Waals surface area contributed by atoms with Crippen molar-refractivity contribution in [1.29, 1.82) is 0 Å². The molecule has 5 nitrogen and oxygen atoms in total. The zero-order chi connectivity index (χ0) is 11.5. The second-order valence-corrected chi connectivity index (χ2v) is 3.57. The lowest BCUT2D eigenvalue weighted by Gasteiger charge is -2.04. The van der Waals surface area contributed by atoms with Crippen molar-refractivity contribution in [2.75, 3.05) is 12.4 Å². The van der Waals surface area contributed by atoms with E-state index in [9.17, 15) is 0 Å². The second kappa shape index (κ2) is 4.30. The number of hydrogen-bond donors (Lipinski definition) is 1. The van der Waals surface area contributed by atoms with Gasteiger partial charge in [0.05, 0.1) is 11.8 Å². The SMILES string of the molecule is CCc1cc(NC)nc(-c2cnn(C)c2)n1. The van der Waals surface area contributed by atoms with Crippen molar-refractivity contribution in [2.24, 2.45) is 7.05 Å². The minimum atomic E-state index is 0.719. The Morgan fingerprint density at radius 3 is 2.75 bits per heavy atom. The van der Waals surface area contributed by atoms with Crippen LogP contribution in [0, 0.1) is 0 Å². The Morgan fingerprint density at radius 1 is 1.38 bits per heavy atom. The van der Waals surface area contributed by atoms with Gasteiger partial charge in [-0.25, -0.2) is 9.97 Å². The average Bonchev–Trinajstić information content (AvgIpc) is 2.75. The molecule has 0 aliphatic heterocycles. The molecule has 0 saturated carbocycles. The monoisotopic (exact) mass is 217 g/mol. The van der Waals surface area contributed by atoms with Crippen LogP contribution in [0.5, 0.6) is 0 Å². The summed E-state index contributed by atoms with van der Waals surface area (Å²) in [7, 11) is 3.74. The van der Waals surface area contributed by atoms with Gasteiger partial charge in [-0.2, -0.15) is 5.10 Å². The van der Waals surface area contributed by atoms with E-state index in [0.717, 1.165) is 29.3 Å². The number of anilines is 1. The van der Waals surface area contributed by atoms with E-state index in [-0.39, 0.29) is 0 Å². The number of nitrogens with zero attached hydrogens (tertiary/aromatic N) is 4. The molecule has 0 aromatic carbocycles. The molecule has 2 heterocycles. The van der Waals surface area contributed by atoms with Crippen molar-refractivity contribution >= 4 is 5.82 Å². The minimum absolute atomic E-state index is 0.719. The molecule has 0 aliphatic rings. The Kier molecular flexibility index (Phi) is 2.85. The minimum Gasteiger partial charge on any atom is -0.373 e. The van der Waals surface area contributed by atoms with Gasteiger partial charge in [0.25, 0.3) is 0 Å². The molecule has 16 heavy (non-hydrogen) atoms. The molecule has 5 heteroatoms. The summed E-state index contributed by atoms with van der Waals surface area (Å²) in [5.74, 6) is 1.56. The Hall–Kier alpha value is -1.91. The van der Waals surface area contributed by atoms with E-state index in [1.54, 1.807) is 10.9 Å². The zero-order valence-corrected chi connectivity index (χ0v) is 9.73. The first-order valence-electron chi connectivity index (χ1n) is 5.27. The fraction of sp³-hybridized carbons (Fsp3) is 0.364. The highest BCUT2D eigenvalue weighted by molar-refractivity contribution is 5.55. The average molecular weight is 217 g/mol. The van der Waals surface area contributed by atoms with E-state index in [0.29, 0.717) is 0 Å². The van der Waals surface area contributed by atoms with E-state index in [1.807, 2.05) is 26.4 Å². The molecular formula is C11H15N5. The van der Waals surface area contributed by atoms with E-state index >= 15 is 0 Å². The van der Waals surface area contributed by atoms with Crippen molar-refractivity contribution in [3.63, 3.8) is 0 Å². The Bertz CT molecular complexity index is 467. The highest BCUT2D eigenvalue weighted by Gasteiger charge is 2.06. The van der Waals surface area contributed by atoms with Gasteiger partial charge in [-0.3, -0.25) is 4.68 Å². The number of aromatic nitrogens is 4. The van der Waals surface area contributed by atoms with Gasteiger partial charge < -0.3 is 5.32 Å². The number of hydrogen-bond acceptors (Lipinski definition) is 4. The molecule has 84 valence electrons.